The second-order valence-electron chi connectivity index (χ2n) is 6.64. The van der Waals surface area contributed by atoms with Gasteiger partial charge in [-0.15, -0.1) is 0 Å². The van der Waals surface area contributed by atoms with E-state index in [1.807, 2.05) is 0 Å². The van der Waals surface area contributed by atoms with Crippen molar-refractivity contribution in [2.24, 2.45) is 11.8 Å². The van der Waals surface area contributed by atoms with Crippen molar-refractivity contribution in [3.05, 3.63) is 48.0 Å². The highest BCUT2D eigenvalue weighted by Gasteiger charge is 2.29. The molecule has 3 atom stereocenters. The van der Waals surface area contributed by atoms with Crippen LogP contribution >= 0.6 is 0 Å². The van der Waals surface area contributed by atoms with E-state index in [-0.39, 0.29) is 6.10 Å². The van der Waals surface area contributed by atoms with E-state index in [9.17, 15) is 5.11 Å². The van der Waals surface area contributed by atoms with E-state index in [1.54, 1.807) is 0 Å². The first-order valence-electron chi connectivity index (χ1n) is 8.42. The van der Waals surface area contributed by atoms with Gasteiger partial charge < -0.3 is 5.11 Å². The maximum absolute atomic E-state index is 10.4. The Morgan fingerprint density at radius 3 is 2.71 bits per heavy atom. The zero-order chi connectivity index (χ0) is 14.7. The van der Waals surface area contributed by atoms with Crippen molar-refractivity contribution in [3.63, 3.8) is 0 Å². The van der Waals surface area contributed by atoms with E-state index in [4.69, 9.17) is 0 Å². The summed E-state index contributed by atoms with van der Waals surface area (Å²) in [7, 11) is 0. The summed E-state index contributed by atoms with van der Waals surface area (Å²) < 4.78 is 0. The molecule has 1 nitrogen and oxygen atoms in total. The van der Waals surface area contributed by atoms with Crippen LogP contribution in [0.2, 0.25) is 0 Å². The van der Waals surface area contributed by atoms with Gasteiger partial charge in [0.05, 0.1) is 6.10 Å². The van der Waals surface area contributed by atoms with Gasteiger partial charge in [-0.1, -0.05) is 62.2 Å². The lowest BCUT2D eigenvalue weighted by molar-refractivity contribution is 0.0464. The van der Waals surface area contributed by atoms with Gasteiger partial charge in [0, 0.05) is 0 Å². The highest BCUT2D eigenvalue weighted by molar-refractivity contribution is 5.85. The lowest BCUT2D eigenvalue weighted by atomic mass is 9.75. The van der Waals surface area contributed by atoms with Crippen molar-refractivity contribution >= 4 is 10.8 Å². The van der Waals surface area contributed by atoms with Crippen molar-refractivity contribution in [1.29, 1.82) is 0 Å². The first-order valence-corrected chi connectivity index (χ1v) is 8.42. The standard InChI is InChI=1S/C20H26O/c1-2-6-15-11-12-20(21)18(13-15)14-17-9-5-8-16-7-3-4-10-19(16)17/h3-5,7-10,15,18,20-21H,2,6,11-14H2,1H3. The summed E-state index contributed by atoms with van der Waals surface area (Å²) in [5.41, 5.74) is 1.40. The van der Waals surface area contributed by atoms with E-state index in [1.165, 1.54) is 42.0 Å². The number of hydrogen-bond acceptors (Lipinski definition) is 1. The third-order valence-corrected chi connectivity index (χ3v) is 5.11. The fourth-order valence-electron chi connectivity index (χ4n) is 3.99. The average Bonchev–Trinajstić information content (AvgIpc) is 2.51. The molecule has 0 aliphatic heterocycles. The van der Waals surface area contributed by atoms with Crippen molar-refractivity contribution in [2.45, 2.75) is 51.6 Å². The molecule has 1 heteroatoms. The van der Waals surface area contributed by atoms with Crippen LogP contribution in [0.3, 0.4) is 0 Å². The Bertz CT molecular complexity index is 584. The molecule has 0 bridgehead atoms. The number of fused-ring (bicyclic) bond motifs is 1. The first kappa shape index (κ1) is 14.6. The molecule has 0 spiro atoms. The maximum Gasteiger partial charge on any atom is 0.0571 e. The Morgan fingerprint density at radius 2 is 1.86 bits per heavy atom. The largest absolute Gasteiger partial charge is 0.393 e. The van der Waals surface area contributed by atoms with Crippen molar-refractivity contribution < 1.29 is 5.11 Å². The minimum atomic E-state index is -0.114. The Kier molecular flexibility index (Phi) is 4.60. The van der Waals surface area contributed by atoms with Gasteiger partial charge in [-0.2, -0.15) is 0 Å². The van der Waals surface area contributed by atoms with E-state index < -0.39 is 0 Å². The Labute approximate surface area is 128 Å². The number of benzene rings is 2. The van der Waals surface area contributed by atoms with Gasteiger partial charge in [0.1, 0.15) is 0 Å². The third kappa shape index (κ3) is 3.29. The highest BCUT2D eigenvalue weighted by Crippen LogP contribution is 2.35. The summed E-state index contributed by atoms with van der Waals surface area (Å²) in [4.78, 5) is 0. The Morgan fingerprint density at radius 1 is 1.05 bits per heavy atom. The first-order chi connectivity index (χ1) is 10.3. The number of aliphatic hydroxyl groups excluding tert-OH is 1. The molecule has 1 saturated carbocycles. The second kappa shape index (κ2) is 6.62. The summed E-state index contributed by atoms with van der Waals surface area (Å²) in [5.74, 6) is 1.25. The summed E-state index contributed by atoms with van der Waals surface area (Å²) in [6, 6.07) is 15.2. The molecular weight excluding hydrogens is 256 g/mol. The number of rotatable bonds is 4. The van der Waals surface area contributed by atoms with Gasteiger partial charge in [-0.3, -0.25) is 0 Å². The normalized spacial score (nSPS) is 26.1. The molecule has 0 amide bonds. The van der Waals surface area contributed by atoms with E-state index >= 15 is 0 Å². The van der Waals surface area contributed by atoms with Crippen LogP contribution in [-0.4, -0.2) is 11.2 Å². The topological polar surface area (TPSA) is 20.2 Å². The molecule has 3 rings (SSSR count). The van der Waals surface area contributed by atoms with E-state index in [0.717, 1.165) is 18.8 Å². The van der Waals surface area contributed by atoms with Crippen molar-refractivity contribution in [1.82, 2.24) is 0 Å². The monoisotopic (exact) mass is 282 g/mol. The summed E-state index contributed by atoms with van der Waals surface area (Å²) in [5, 5.41) is 13.1. The van der Waals surface area contributed by atoms with E-state index in [2.05, 4.69) is 49.4 Å². The molecular formula is C20H26O. The summed E-state index contributed by atoms with van der Waals surface area (Å²) in [6.07, 6.45) is 6.87. The van der Waals surface area contributed by atoms with Crippen molar-refractivity contribution in [3.8, 4) is 0 Å². The van der Waals surface area contributed by atoms with Crippen LogP contribution in [0, 0.1) is 11.8 Å². The minimum Gasteiger partial charge on any atom is -0.393 e. The maximum atomic E-state index is 10.4. The minimum absolute atomic E-state index is 0.114. The Balaban J connectivity index is 1.80. The van der Waals surface area contributed by atoms with Crippen LogP contribution in [0.1, 0.15) is 44.6 Å². The Hall–Kier alpha value is -1.34. The van der Waals surface area contributed by atoms with Gasteiger partial charge in [0.2, 0.25) is 0 Å². The van der Waals surface area contributed by atoms with Crippen LogP contribution in [0.25, 0.3) is 10.8 Å². The fraction of sp³-hybridized carbons (Fsp3) is 0.500. The van der Waals surface area contributed by atoms with Gasteiger partial charge in [-0.05, 0) is 53.9 Å². The van der Waals surface area contributed by atoms with Gasteiger partial charge in [0.15, 0.2) is 0 Å². The third-order valence-electron chi connectivity index (χ3n) is 5.11. The lowest BCUT2D eigenvalue weighted by Crippen LogP contribution is -2.30. The smallest absolute Gasteiger partial charge is 0.0571 e. The fourth-order valence-corrected chi connectivity index (χ4v) is 3.99. The summed E-state index contributed by atoms with van der Waals surface area (Å²) >= 11 is 0. The van der Waals surface area contributed by atoms with Crippen LogP contribution in [0.5, 0.6) is 0 Å². The second-order valence-corrected chi connectivity index (χ2v) is 6.64. The zero-order valence-electron chi connectivity index (χ0n) is 13.0. The quantitative estimate of drug-likeness (QED) is 0.840. The molecule has 3 unspecified atom stereocenters. The molecule has 0 aromatic heterocycles. The molecule has 0 radical (unpaired) electrons. The molecule has 1 fully saturated rings. The lowest BCUT2D eigenvalue weighted by Gasteiger charge is -2.33. The molecule has 1 N–H and O–H groups in total. The number of aliphatic hydroxyl groups is 1. The van der Waals surface area contributed by atoms with Crippen LogP contribution in [-0.2, 0) is 6.42 Å². The van der Waals surface area contributed by atoms with Gasteiger partial charge in [0.25, 0.3) is 0 Å². The molecule has 1 aliphatic rings. The molecule has 112 valence electrons. The van der Waals surface area contributed by atoms with Gasteiger partial charge >= 0.3 is 0 Å². The molecule has 21 heavy (non-hydrogen) atoms. The zero-order valence-corrected chi connectivity index (χ0v) is 13.0. The van der Waals surface area contributed by atoms with Gasteiger partial charge in [-0.25, -0.2) is 0 Å². The number of hydrogen-bond donors (Lipinski definition) is 1. The van der Waals surface area contributed by atoms with Crippen LogP contribution in [0.15, 0.2) is 42.5 Å². The molecule has 0 heterocycles. The van der Waals surface area contributed by atoms with Crippen LogP contribution < -0.4 is 0 Å². The summed E-state index contributed by atoms with van der Waals surface area (Å²) in [6.45, 7) is 2.27. The predicted molar refractivity (Wildman–Crippen MR) is 89.4 cm³/mol. The molecule has 2 aromatic carbocycles. The molecule has 0 saturated heterocycles. The van der Waals surface area contributed by atoms with Crippen LogP contribution in [0.4, 0.5) is 0 Å². The average molecular weight is 282 g/mol. The van der Waals surface area contributed by atoms with E-state index in [0.29, 0.717) is 5.92 Å². The highest BCUT2D eigenvalue weighted by atomic mass is 16.3. The van der Waals surface area contributed by atoms with Crippen molar-refractivity contribution in [2.75, 3.05) is 0 Å². The SMILES string of the molecule is CCCC1CCC(O)C(Cc2cccc3ccccc23)C1. The molecule has 1 aliphatic carbocycles. The molecule has 2 aromatic rings. The predicted octanol–water partition coefficient (Wildman–Crippen LogP) is 4.96.